The quantitative estimate of drug-likeness (QED) is 0.871. The first-order chi connectivity index (χ1) is 8.97. The summed E-state index contributed by atoms with van der Waals surface area (Å²) in [5.41, 5.74) is 0.352. The van der Waals surface area contributed by atoms with Gasteiger partial charge in [-0.3, -0.25) is 4.79 Å². The highest BCUT2D eigenvalue weighted by Gasteiger charge is 2.23. The van der Waals surface area contributed by atoms with Gasteiger partial charge >= 0.3 is 5.97 Å². The molecule has 1 aliphatic rings. The van der Waals surface area contributed by atoms with Crippen LogP contribution in [0.2, 0.25) is 5.02 Å². The molecule has 1 aromatic carbocycles. The second kappa shape index (κ2) is 5.48. The molecule has 0 heterocycles. The summed E-state index contributed by atoms with van der Waals surface area (Å²) >= 11 is 5.93. The average molecular weight is 284 g/mol. The zero-order valence-corrected chi connectivity index (χ0v) is 11.2. The third-order valence-electron chi connectivity index (χ3n) is 2.78. The fourth-order valence-electron chi connectivity index (χ4n) is 1.62. The van der Waals surface area contributed by atoms with E-state index < -0.39 is 5.97 Å². The lowest BCUT2D eigenvalue weighted by atomic mass is 10.1. The molecule has 0 aliphatic heterocycles. The first-order valence-electron chi connectivity index (χ1n) is 5.94. The fourth-order valence-corrected chi connectivity index (χ4v) is 1.83. The van der Waals surface area contributed by atoms with Crippen molar-refractivity contribution < 1.29 is 19.4 Å². The number of carbonyl (C=O) groups excluding carboxylic acids is 1. The van der Waals surface area contributed by atoms with Crippen molar-refractivity contribution in [3.05, 3.63) is 22.7 Å². The van der Waals surface area contributed by atoms with Crippen LogP contribution in [0, 0.1) is 5.92 Å². The number of aromatic carboxylic acids is 1. The molecule has 19 heavy (non-hydrogen) atoms. The molecule has 6 heteroatoms. The van der Waals surface area contributed by atoms with Crippen molar-refractivity contribution >= 4 is 29.2 Å². The highest BCUT2D eigenvalue weighted by molar-refractivity contribution is 6.34. The van der Waals surface area contributed by atoms with Gasteiger partial charge in [-0.15, -0.1) is 0 Å². The second-order valence-corrected chi connectivity index (χ2v) is 4.98. The van der Waals surface area contributed by atoms with Crippen LogP contribution in [-0.2, 0) is 4.79 Å². The third-order valence-corrected chi connectivity index (χ3v) is 3.09. The Morgan fingerprint density at radius 1 is 1.47 bits per heavy atom. The van der Waals surface area contributed by atoms with E-state index in [4.69, 9.17) is 21.4 Å². The van der Waals surface area contributed by atoms with Crippen LogP contribution in [-0.4, -0.2) is 23.6 Å². The standard InChI is InChI=1S/C13H14ClNO4/c1-7(16)15-11-5-12(19-6-8-2-3-8)9(13(17)18)4-10(11)14/h4-5,8H,2-3,6H2,1H3,(H,15,16)(H,17,18). The Bertz CT molecular complexity index is 526. The minimum absolute atomic E-state index is 0.000230. The number of ether oxygens (including phenoxy) is 1. The zero-order valence-electron chi connectivity index (χ0n) is 10.4. The minimum Gasteiger partial charge on any atom is -0.492 e. The fraction of sp³-hybridized carbons (Fsp3) is 0.385. The zero-order chi connectivity index (χ0) is 14.0. The van der Waals surface area contributed by atoms with Gasteiger partial charge in [0.15, 0.2) is 0 Å². The maximum absolute atomic E-state index is 11.1. The van der Waals surface area contributed by atoms with E-state index in [2.05, 4.69) is 5.32 Å². The van der Waals surface area contributed by atoms with E-state index >= 15 is 0 Å². The van der Waals surface area contributed by atoms with E-state index in [9.17, 15) is 9.59 Å². The summed E-state index contributed by atoms with van der Waals surface area (Å²) in [4.78, 5) is 22.2. The number of amides is 1. The molecule has 102 valence electrons. The van der Waals surface area contributed by atoms with Gasteiger partial charge in [-0.1, -0.05) is 11.6 Å². The van der Waals surface area contributed by atoms with Crippen molar-refractivity contribution in [1.82, 2.24) is 0 Å². The molecule has 0 aromatic heterocycles. The molecule has 0 unspecified atom stereocenters. The first kappa shape index (κ1) is 13.7. The van der Waals surface area contributed by atoms with Crippen LogP contribution in [0.1, 0.15) is 30.1 Å². The Kier molecular flexibility index (Phi) is 3.95. The predicted molar refractivity (Wildman–Crippen MR) is 70.9 cm³/mol. The number of carbonyl (C=O) groups is 2. The third kappa shape index (κ3) is 3.61. The second-order valence-electron chi connectivity index (χ2n) is 4.57. The van der Waals surface area contributed by atoms with Crippen LogP contribution in [0.15, 0.2) is 12.1 Å². The molecule has 0 saturated heterocycles. The summed E-state index contributed by atoms with van der Waals surface area (Å²) in [5.74, 6) is -0.658. The Hall–Kier alpha value is -1.75. The van der Waals surface area contributed by atoms with Gasteiger partial charge < -0.3 is 15.2 Å². The molecule has 0 spiro atoms. The molecule has 0 radical (unpaired) electrons. The molecule has 2 N–H and O–H groups in total. The van der Waals surface area contributed by atoms with E-state index in [1.807, 2.05) is 0 Å². The summed E-state index contributed by atoms with van der Waals surface area (Å²) in [6, 6.07) is 2.74. The van der Waals surface area contributed by atoms with Crippen molar-refractivity contribution in [1.29, 1.82) is 0 Å². The van der Waals surface area contributed by atoms with Crippen LogP contribution in [0.4, 0.5) is 5.69 Å². The lowest BCUT2D eigenvalue weighted by Crippen LogP contribution is -2.10. The van der Waals surface area contributed by atoms with E-state index in [0.717, 1.165) is 12.8 Å². The molecular formula is C13H14ClNO4. The van der Waals surface area contributed by atoms with Gasteiger partial charge in [0.1, 0.15) is 11.3 Å². The minimum atomic E-state index is -1.11. The Morgan fingerprint density at radius 3 is 2.68 bits per heavy atom. The molecule has 2 rings (SSSR count). The number of carboxylic acids is 1. The summed E-state index contributed by atoms with van der Waals surface area (Å²) in [5, 5.41) is 11.8. The Labute approximate surface area is 115 Å². The van der Waals surface area contributed by atoms with Crippen molar-refractivity contribution in [3.8, 4) is 5.75 Å². The van der Waals surface area contributed by atoms with Gasteiger partial charge in [-0.25, -0.2) is 4.79 Å². The molecule has 1 amide bonds. The molecule has 5 nitrogen and oxygen atoms in total. The average Bonchev–Trinajstić information content (AvgIpc) is 3.12. The molecule has 1 aliphatic carbocycles. The van der Waals surface area contributed by atoms with E-state index in [0.29, 0.717) is 18.2 Å². The number of nitrogens with one attached hydrogen (secondary N) is 1. The maximum Gasteiger partial charge on any atom is 0.339 e. The lowest BCUT2D eigenvalue weighted by Gasteiger charge is -2.12. The number of hydrogen-bond donors (Lipinski definition) is 2. The van der Waals surface area contributed by atoms with Crippen molar-refractivity contribution in [2.45, 2.75) is 19.8 Å². The number of halogens is 1. The summed E-state index contributed by atoms with van der Waals surface area (Å²) < 4.78 is 5.51. The van der Waals surface area contributed by atoms with Gasteiger partial charge in [-0.05, 0) is 24.8 Å². The summed E-state index contributed by atoms with van der Waals surface area (Å²) in [6.07, 6.45) is 2.21. The number of benzene rings is 1. The molecule has 1 fully saturated rings. The monoisotopic (exact) mass is 283 g/mol. The lowest BCUT2D eigenvalue weighted by molar-refractivity contribution is -0.114. The number of rotatable bonds is 5. The van der Waals surface area contributed by atoms with Gasteiger partial charge in [0, 0.05) is 13.0 Å². The van der Waals surface area contributed by atoms with Gasteiger partial charge in [-0.2, -0.15) is 0 Å². The van der Waals surface area contributed by atoms with Gasteiger partial charge in [0.25, 0.3) is 0 Å². The Balaban J connectivity index is 2.28. The highest BCUT2D eigenvalue weighted by Crippen LogP contribution is 2.34. The number of carboxylic acid groups (broad SMARTS) is 1. The number of anilines is 1. The van der Waals surface area contributed by atoms with Crippen molar-refractivity contribution in [2.24, 2.45) is 5.92 Å². The molecule has 0 bridgehead atoms. The summed E-state index contributed by atoms with van der Waals surface area (Å²) in [7, 11) is 0. The smallest absolute Gasteiger partial charge is 0.339 e. The van der Waals surface area contributed by atoms with Crippen molar-refractivity contribution in [2.75, 3.05) is 11.9 Å². The molecule has 1 saturated carbocycles. The van der Waals surface area contributed by atoms with Crippen LogP contribution < -0.4 is 10.1 Å². The topological polar surface area (TPSA) is 75.6 Å². The van der Waals surface area contributed by atoms with E-state index in [1.54, 1.807) is 0 Å². The molecule has 0 atom stereocenters. The van der Waals surface area contributed by atoms with Crippen LogP contribution >= 0.6 is 11.6 Å². The van der Waals surface area contributed by atoms with E-state index in [-0.39, 0.29) is 22.2 Å². The normalized spacial score (nSPS) is 14.0. The first-order valence-corrected chi connectivity index (χ1v) is 6.32. The van der Waals surface area contributed by atoms with Crippen molar-refractivity contribution in [3.63, 3.8) is 0 Å². The molecule has 1 aromatic rings. The van der Waals surface area contributed by atoms with E-state index in [1.165, 1.54) is 19.1 Å². The van der Waals surface area contributed by atoms with Gasteiger partial charge in [0.2, 0.25) is 5.91 Å². The van der Waals surface area contributed by atoms with Crippen LogP contribution in [0.25, 0.3) is 0 Å². The van der Waals surface area contributed by atoms with Crippen LogP contribution in [0.5, 0.6) is 5.75 Å². The SMILES string of the molecule is CC(=O)Nc1cc(OCC2CC2)c(C(=O)O)cc1Cl. The summed E-state index contributed by atoms with van der Waals surface area (Å²) in [6.45, 7) is 1.84. The van der Waals surface area contributed by atoms with Crippen LogP contribution in [0.3, 0.4) is 0 Å². The number of hydrogen-bond acceptors (Lipinski definition) is 3. The largest absolute Gasteiger partial charge is 0.492 e. The maximum atomic E-state index is 11.1. The Morgan fingerprint density at radius 2 is 2.16 bits per heavy atom. The van der Waals surface area contributed by atoms with Gasteiger partial charge in [0.05, 0.1) is 17.3 Å². The highest BCUT2D eigenvalue weighted by atomic mass is 35.5. The molecular weight excluding hydrogens is 270 g/mol. The predicted octanol–water partition coefficient (Wildman–Crippen LogP) is 2.79.